The van der Waals surface area contributed by atoms with Crippen molar-refractivity contribution in [3.63, 3.8) is 0 Å². The number of hydrogen-bond acceptors (Lipinski definition) is 2. The summed E-state index contributed by atoms with van der Waals surface area (Å²) in [6, 6.07) is 9.64. The Labute approximate surface area is 113 Å². The van der Waals surface area contributed by atoms with Crippen LogP contribution in [-0.2, 0) is 0 Å². The minimum atomic E-state index is -0.0573. The molecule has 0 saturated carbocycles. The molecule has 1 N–H and O–H groups in total. The van der Waals surface area contributed by atoms with Crippen LogP contribution in [-0.4, -0.2) is 5.91 Å². The molecule has 4 heteroatoms. The minimum Gasteiger partial charge on any atom is -0.321 e. The van der Waals surface area contributed by atoms with E-state index in [9.17, 15) is 4.79 Å². The molecular formula is C13H12BrNOS. The number of thiophene rings is 1. The second-order valence-corrected chi connectivity index (χ2v) is 6.21. The van der Waals surface area contributed by atoms with Crippen LogP contribution in [0.1, 0.15) is 20.8 Å². The third-order valence-corrected chi connectivity index (χ3v) is 4.61. The lowest BCUT2D eigenvalue weighted by atomic mass is 10.2. The number of carbonyl (C=O) groups is 1. The van der Waals surface area contributed by atoms with Crippen molar-refractivity contribution in [2.45, 2.75) is 13.8 Å². The number of anilines is 1. The van der Waals surface area contributed by atoms with Gasteiger partial charge < -0.3 is 5.32 Å². The van der Waals surface area contributed by atoms with Crippen molar-refractivity contribution < 1.29 is 4.79 Å². The second kappa shape index (κ2) is 5.02. The van der Waals surface area contributed by atoms with E-state index in [4.69, 9.17) is 0 Å². The lowest BCUT2D eigenvalue weighted by Gasteiger charge is -2.06. The van der Waals surface area contributed by atoms with E-state index in [1.165, 1.54) is 11.3 Å². The fraction of sp³-hybridized carbons (Fsp3) is 0.154. The molecule has 2 aromatic rings. The SMILES string of the molecule is Cc1ccccc1NC(=O)c1cc(C)c(Br)s1. The third kappa shape index (κ3) is 2.76. The lowest BCUT2D eigenvalue weighted by molar-refractivity contribution is 0.103. The zero-order valence-electron chi connectivity index (χ0n) is 9.58. The molecule has 1 amide bonds. The van der Waals surface area contributed by atoms with Gasteiger partial charge in [-0.3, -0.25) is 4.79 Å². The van der Waals surface area contributed by atoms with Crippen LogP contribution in [0.3, 0.4) is 0 Å². The Kier molecular flexibility index (Phi) is 3.64. The fourth-order valence-corrected chi connectivity index (χ4v) is 2.90. The minimum absolute atomic E-state index is 0.0573. The summed E-state index contributed by atoms with van der Waals surface area (Å²) in [5.41, 5.74) is 3.01. The van der Waals surface area contributed by atoms with Gasteiger partial charge in [0, 0.05) is 5.69 Å². The van der Waals surface area contributed by atoms with E-state index in [2.05, 4.69) is 21.2 Å². The zero-order chi connectivity index (χ0) is 12.4. The van der Waals surface area contributed by atoms with Gasteiger partial charge in [0.05, 0.1) is 8.66 Å². The first-order valence-electron chi connectivity index (χ1n) is 5.21. The summed E-state index contributed by atoms with van der Waals surface area (Å²) in [7, 11) is 0. The van der Waals surface area contributed by atoms with E-state index in [1.54, 1.807) is 0 Å². The highest BCUT2D eigenvalue weighted by Crippen LogP contribution is 2.28. The quantitative estimate of drug-likeness (QED) is 0.876. The number of para-hydroxylation sites is 1. The zero-order valence-corrected chi connectivity index (χ0v) is 12.0. The van der Waals surface area contributed by atoms with Gasteiger partial charge in [-0.25, -0.2) is 0 Å². The average molecular weight is 310 g/mol. The van der Waals surface area contributed by atoms with Gasteiger partial charge in [-0.2, -0.15) is 0 Å². The van der Waals surface area contributed by atoms with E-state index in [0.717, 1.165) is 25.5 Å². The number of amides is 1. The summed E-state index contributed by atoms with van der Waals surface area (Å²) in [6.07, 6.45) is 0. The number of hydrogen-bond donors (Lipinski definition) is 1. The standard InChI is InChI=1S/C13H12BrNOS/c1-8-5-3-4-6-10(8)15-13(16)11-7-9(2)12(14)17-11/h3-7H,1-2H3,(H,15,16). The summed E-state index contributed by atoms with van der Waals surface area (Å²) < 4.78 is 1.01. The molecule has 0 spiro atoms. The van der Waals surface area contributed by atoms with E-state index < -0.39 is 0 Å². The van der Waals surface area contributed by atoms with Crippen LogP contribution in [0.4, 0.5) is 5.69 Å². The molecule has 88 valence electrons. The highest BCUT2D eigenvalue weighted by atomic mass is 79.9. The van der Waals surface area contributed by atoms with Crippen LogP contribution < -0.4 is 5.32 Å². The number of rotatable bonds is 2. The highest BCUT2D eigenvalue weighted by molar-refractivity contribution is 9.11. The number of carbonyl (C=O) groups excluding carboxylic acids is 1. The highest BCUT2D eigenvalue weighted by Gasteiger charge is 2.11. The summed E-state index contributed by atoms with van der Waals surface area (Å²) in [6.45, 7) is 3.95. The van der Waals surface area contributed by atoms with Gasteiger partial charge in [0.15, 0.2) is 0 Å². The predicted molar refractivity (Wildman–Crippen MR) is 75.9 cm³/mol. The summed E-state index contributed by atoms with van der Waals surface area (Å²) in [4.78, 5) is 12.7. The summed E-state index contributed by atoms with van der Waals surface area (Å²) in [5, 5.41) is 2.92. The maximum absolute atomic E-state index is 12.0. The van der Waals surface area contributed by atoms with Gasteiger partial charge in [-0.1, -0.05) is 18.2 Å². The van der Waals surface area contributed by atoms with Gasteiger partial charge >= 0.3 is 0 Å². The monoisotopic (exact) mass is 309 g/mol. The van der Waals surface area contributed by atoms with Gasteiger partial charge in [-0.15, -0.1) is 11.3 Å². The van der Waals surface area contributed by atoms with Crippen molar-refractivity contribution in [3.8, 4) is 0 Å². The van der Waals surface area contributed by atoms with Crippen LogP contribution in [0.5, 0.6) is 0 Å². The molecule has 0 aliphatic rings. The number of aryl methyl sites for hydroxylation is 2. The third-order valence-electron chi connectivity index (χ3n) is 2.47. The molecule has 0 aliphatic carbocycles. The van der Waals surface area contributed by atoms with Crippen molar-refractivity contribution >= 4 is 38.9 Å². The Morgan fingerprint density at radius 3 is 2.53 bits per heavy atom. The number of benzene rings is 1. The maximum atomic E-state index is 12.0. The topological polar surface area (TPSA) is 29.1 Å². The first kappa shape index (κ1) is 12.3. The van der Waals surface area contributed by atoms with Crippen molar-refractivity contribution in [1.82, 2.24) is 0 Å². The van der Waals surface area contributed by atoms with Crippen LogP contribution in [0.2, 0.25) is 0 Å². The van der Waals surface area contributed by atoms with Crippen molar-refractivity contribution in [2.24, 2.45) is 0 Å². The van der Waals surface area contributed by atoms with Gasteiger partial charge in [0.25, 0.3) is 5.91 Å². The van der Waals surface area contributed by atoms with E-state index in [0.29, 0.717) is 0 Å². The van der Waals surface area contributed by atoms with Crippen molar-refractivity contribution in [1.29, 1.82) is 0 Å². The predicted octanol–water partition coefficient (Wildman–Crippen LogP) is 4.38. The largest absolute Gasteiger partial charge is 0.321 e. The Balaban J connectivity index is 2.20. The summed E-state index contributed by atoms with van der Waals surface area (Å²) in [5.74, 6) is -0.0573. The first-order valence-corrected chi connectivity index (χ1v) is 6.82. The molecule has 2 rings (SSSR count). The van der Waals surface area contributed by atoms with Crippen LogP contribution in [0.25, 0.3) is 0 Å². The molecule has 0 unspecified atom stereocenters. The molecule has 1 aromatic heterocycles. The average Bonchev–Trinajstić information content (AvgIpc) is 2.63. The van der Waals surface area contributed by atoms with Crippen molar-refractivity contribution in [2.75, 3.05) is 5.32 Å². The second-order valence-electron chi connectivity index (χ2n) is 3.84. The molecule has 0 bridgehead atoms. The van der Waals surface area contributed by atoms with E-state index >= 15 is 0 Å². The van der Waals surface area contributed by atoms with E-state index in [1.807, 2.05) is 44.2 Å². The molecule has 0 atom stereocenters. The van der Waals surface area contributed by atoms with Gasteiger partial charge in [-0.05, 0) is 53.0 Å². The van der Waals surface area contributed by atoms with Crippen LogP contribution in [0, 0.1) is 13.8 Å². The Hall–Kier alpha value is -1.13. The molecule has 0 aliphatic heterocycles. The van der Waals surface area contributed by atoms with Gasteiger partial charge in [0.2, 0.25) is 0 Å². The van der Waals surface area contributed by atoms with Crippen molar-refractivity contribution in [3.05, 3.63) is 50.1 Å². The summed E-state index contributed by atoms with van der Waals surface area (Å²) >= 11 is 4.87. The normalized spacial score (nSPS) is 10.3. The first-order chi connectivity index (χ1) is 8.08. The molecule has 1 aromatic carbocycles. The smallest absolute Gasteiger partial charge is 0.265 e. The van der Waals surface area contributed by atoms with E-state index in [-0.39, 0.29) is 5.91 Å². The molecule has 0 saturated heterocycles. The van der Waals surface area contributed by atoms with Gasteiger partial charge in [0.1, 0.15) is 0 Å². The number of halogens is 1. The maximum Gasteiger partial charge on any atom is 0.265 e. The number of nitrogens with one attached hydrogen (secondary N) is 1. The molecular weight excluding hydrogens is 298 g/mol. The van der Waals surface area contributed by atoms with Crippen LogP contribution in [0.15, 0.2) is 34.1 Å². The molecule has 1 heterocycles. The Morgan fingerprint density at radius 1 is 1.24 bits per heavy atom. The fourth-order valence-electron chi connectivity index (χ4n) is 1.47. The van der Waals surface area contributed by atoms with Crippen LogP contribution >= 0.6 is 27.3 Å². The molecule has 0 fully saturated rings. The molecule has 17 heavy (non-hydrogen) atoms. The lowest BCUT2D eigenvalue weighted by Crippen LogP contribution is -2.10. The molecule has 2 nitrogen and oxygen atoms in total. The Bertz CT molecular complexity index is 543. The Morgan fingerprint density at radius 2 is 1.94 bits per heavy atom. The molecule has 0 radical (unpaired) electrons.